The zero-order valence-electron chi connectivity index (χ0n) is 20.7. The molecule has 0 amide bonds. The van der Waals surface area contributed by atoms with Crippen LogP contribution in [0.25, 0.3) is 11.4 Å². The van der Waals surface area contributed by atoms with Crippen molar-refractivity contribution >= 4 is 0 Å². The lowest BCUT2D eigenvalue weighted by Gasteiger charge is -2.31. The third-order valence-corrected chi connectivity index (χ3v) is 7.33. The second-order valence-electron chi connectivity index (χ2n) is 9.95. The molecule has 0 radical (unpaired) electrons. The maximum absolute atomic E-state index is 6.06. The monoisotopic (exact) mass is 436 g/mol. The minimum absolute atomic E-state index is 0.672. The van der Waals surface area contributed by atoms with E-state index in [1.807, 2.05) is 12.4 Å². The van der Waals surface area contributed by atoms with Gasteiger partial charge in [-0.1, -0.05) is 78.6 Å². The quantitative estimate of drug-likeness (QED) is 0.296. The van der Waals surface area contributed by atoms with Gasteiger partial charge in [-0.3, -0.25) is 0 Å². The highest BCUT2D eigenvalue weighted by Gasteiger charge is 2.24. The zero-order valence-corrected chi connectivity index (χ0v) is 20.7. The molecule has 0 spiro atoms. The zero-order chi connectivity index (χ0) is 22.6. The number of ether oxygens (including phenoxy) is 1. The Bertz CT molecular complexity index is 756. The van der Waals surface area contributed by atoms with Crippen molar-refractivity contribution in [1.82, 2.24) is 9.97 Å². The fraction of sp³-hybridized carbons (Fsp3) is 0.655. The van der Waals surface area contributed by atoms with E-state index in [2.05, 4.69) is 55.0 Å². The van der Waals surface area contributed by atoms with Crippen molar-refractivity contribution < 1.29 is 4.74 Å². The first kappa shape index (κ1) is 24.7. The average molecular weight is 437 g/mol. The molecule has 0 N–H and O–H groups in total. The number of hydrogen-bond acceptors (Lipinski definition) is 3. The van der Waals surface area contributed by atoms with Crippen LogP contribution in [0, 0.1) is 17.8 Å². The Labute approximate surface area is 196 Å². The van der Waals surface area contributed by atoms with Crippen molar-refractivity contribution in [2.24, 2.45) is 17.8 Å². The van der Waals surface area contributed by atoms with Crippen molar-refractivity contribution in [3.63, 3.8) is 0 Å². The summed E-state index contributed by atoms with van der Waals surface area (Å²) in [6.45, 7) is 7.62. The van der Waals surface area contributed by atoms with E-state index in [9.17, 15) is 0 Å². The van der Waals surface area contributed by atoms with Crippen molar-refractivity contribution in [1.29, 1.82) is 0 Å². The normalized spacial score (nSPS) is 19.6. The lowest BCUT2D eigenvalue weighted by Crippen LogP contribution is -2.20. The molecule has 0 aliphatic heterocycles. The number of nitrogens with zero attached hydrogens (tertiary/aromatic N) is 2. The maximum atomic E-state index is 6.06. The Hall–Kier alpha value is -1.90. The van der Waals surface area contributed by atoms with Gasteiger partial charge < -0.3 is 4.74 Å². The van der Waals surface area contributed by atoms with Gasteiger partial charge in [0.25, 0.3) is 0 Å². The molecule has 1 aromatic heterocycles. The summed E-state index contributed by atoms with van der Waals surface area (Å²) >= 11 is 0. The SMILES string of the molecule is CCCCCC1CCCCC1CCCOc1ccc(-c2ncc(C[C@@H](C)CC)cn2)cc1. The summed E-state index contributed by atoms with van der Waals surface area (Å²) < 4.78 is 6.06. The van der Waals surface area contributed by atoms with Crippen LogP contribution in [0.5, 0.6) is 5.75 Å². The van der Waals surface area contributed by atoms with Crippen LogP contribution >= 0.6 is 0 Å². The predicted molar refractivity (Wildman–Crippen MR) is 135 cm³/mol. The molecule has 1 aliphatic rings. The van der Waals surface area contributed by atoms with Crippen molar-refractivity contribution in [2.75, 3.05) is 6.61 Å². The number of hydrogen-bond donors (Lipinski definition) is 0. The van der Waals surface area contributed by atoms with Gasteiger partial charge in [0, 0.05) is 18.0 Å². The topological polar surface area (TPSA) is 35.0 Å². The van der Waals surface area contributed by atoms with Crippen LogP contribution in [0.15, 0.2) is 36.7 Å². The number of rotatable bonds is 13. The van der Waals surface area contributed by atoms with E-state index in [0.29, 0.717) is 5.92 Å². The molecule has 1 aliphatic carbocycles. The Morgan fingerprint density at radius 2 is 1.56 bits per heavy atom. The highest BCUT2D eigenvalue weighted by molar-refractivity contribution is 5.55. The van der Waals surface area contributed by atoms with Gasteiger partial charge in [-0.05, 0) is 66.8 Å². The number of unbranched alkanes of at least 4 members (excludes halogenated alkanes) is 2. The molecule has 176 valence electrons. The molecular formula is C29H44N2O. The number of benzene rings is 1. The second kappa shape index (κ2) is 13.6. The minimum atomic E-state index is 0.672. The van der Waals surface area contributed by atoms with Crippen LogP contribution in [0.1, 0.15) is 97.0 Å². The van der Waals surface area contributed by atoms with Crippen molar-refractivity contribution in [3.8, 4) is 17.1 Å². The van der Waals surface area contributed by atoms with Crippen LogP contribution in [0.3, 0.4) is 0 Å². The lowest BCUT2D eigenvalue weighted by atomic mass is 9.74. The van der Waals surface area contributed by atoms with Gasteiger partial charge in [-0.15, -0.1) is 0 Å². The Kier molecular flexibility index (Phi) is 10.5. The van der Waals surface area contributed by atoms with E-state index in [1.54, 1.807) is 0 Å². The molecule has 32 heavy (non-hydrogen) atoms. The highest BCUT2D eigenvalue weighted by Crippen LogP contribution is 2.36. The van der Waals surface area contributed by atoms with E-state index < -0.39 is 0 Å². The highest BCUT2D eigenvalue weighted by atomic mass is 16.5. The van der Waals surface area contributed by atoms with Crippen LogP contribution < -0.4 is 4.74 Å². The van der Waals surface area contributed by atoms with Gasteiger partial charge in [0.15, 0.2) is 5.82 Å². The first-order valence-corrected chi connectivity index (χ1v) is 13.2. The summed E-state index contributed by atoms with van der Waals surface area (Å²) in [5, 5.41) is 0. The smallest absolute Gasteiger partial charge is 0.159 e. The molecule has 0 bridgehead atoms. The standard InChI is InChI=1S/C29H44N2O/c1-4-6-7-11-25-12-8-9-13-26(25)14-10-19-32-28-17-15-27(16-18-28)29-30-21-24(22-31-29)20-23(3)5-2/h15-18,21-23,25-26H,4-14,19-20H2,1-3H3/t23-,25?,26?/m0/s1. The van der Waals surface area contributed by atoms with Gasteiger partial charge in [0.05, 0.1) is 6.61 Å². The molecule has 3 rings (SSSR count). The van der Waals surface area contributed by atoms with Crippen LogP contribution in [-0.2, 0) is 6.42 Å². The summed E-state index contributed by atoms with van der Waals surface area (Å²) in [4.78, 5) is 9.15. The Morgan fingerprint density at radius 1 is 0.906 bits per heavy atom. The lowest BCUT2D eigenvalue weighted by molar-refractivity contribution is 0.190. The van der Waals surface area contributed by atoms with E-state index in [-0.39, 0.29) is 0 Å². The van der Waals surface area contributed by atoms with Crippen molar-refractivity contribution in [3.05, 3.63) is 42.2 Å². The van der Waals surface area contributed by atoms with E-state index in [1.165, 1.54) is 69.8 Å². The van der Waals surface area contributed by atoms with Gasteiger partial charge in [-0.2, -0.15) is 0 Å². The number of aromatic nitrogens is 2. The molecular weight excluding hydrogens is 392 g/mol. The van der Waals surface area contributed by atoms with E-state index >= 15 is 0 Å². The molecule has 3 heteroatoms. The van der Waals surface area contributed by atoms with Crippen LogP contribution in [0.4, 0.5) is 0 Å². The Balaban J connectivity index is 1.42. The molecule has 3 nitrogen and oxygen atoms in total. The third-order valence-electron chi connectivity index (χ3n) is 7.33. The van der Waals surface area contributed by atoms with Gasteiger partial charge in [-0.25, -0.2) is 9.97 Å². The molecule has 0 saturated heterocycles. The summed E-state index contributed by atoms with van der Waals surface area (Å²) in [5.74, 6) is 4.30. The summed E-state index contributed by atoms with van der Waals surface area (Å²) in [6.07, 6.45) is 20.0. The van der Waals surface area contributed by atoms with Gasteiger partial charge in [0.1, 0.15) is 5.75 Å². The summed E-state index contributed by atoms with van der Waals surface area (Å²) in [6, 6.07) is 8.26. The van der Waals surface area contributed by atoms with E-state index in [4.69, 9.17) is 4.74 Å². The fourth-order valence-electron chi connectivity index (χ4n) is 5.09. The van der Waals surface area contributed by atoms with Crippen LogP contribution in [0.2, 0.25) is 0 Å². The van der Waals surface area contributed by atoms with Gasteiger partial charge in [0.2, 0.25) is 0 Å². The fourth-order valence-corrected chi connectivity index (χ4v) is 5.09. The molecule has 3 atom stereocenters. The second-order valence-corrected chi connectivity index (χ2v) is 9.95. The third kappa shape index (κ3) is 7.90. The molecule has 2 aromatic rings. The Morgan fingerprint density at radius 3 is 2.19 bits per heavy atom. The molecule has 1 fully saturated rings. The van der Waals surface area contributed by atoms with Crippen LogP contribution in [-0.4, -0.2) is 16.6 Å². The minimum Gasteiger partial charge on any atom is -0.494 e. The molecule has 1 heterocycles. The largest absolute Gasteiger partial charge is 0.494 e. The average Bonchev–Trinajstić information content (AvgIpc) is 2.83. The first-order valence-electron chi connectivity index (χ1n) is 13.2. The first-order chi connectivity index (χ1) is 15.7. The maximum Gasteiger partial charge on any atom is 0.159 e. The summed E-state index contributed by atoms with van der Waals surface area (Å²) in [5.41, 5.74) is 2.26. The molecule has 2 unspecified atom stereocenters. The molecule has 1 aromatic carbocycles. The predicted octanol–water partition coefficient (Wildman–Crippen LogP) is 8.28. The molecule has 1 saturated carbocycles. The summed E-state index contributed by atoms with van der Waals surface area (Å²) in [7, 11) is 0. The van der Waals surface area contributed by atoms with Gasteiger partial charge >= 0.3 is 0 Å². The van der Waals surface area contributed by atoms with Crippen molar-refractivity contribution in [2.45, 2.75) is 97.8 Å². The van der Waals surface area contributed by atoms with E-state index in [0.717, 1.165) is 48.4 Å².